The highest BCUT2D eigenvalue weighted by Crippen LogP contribution is 2.54. The highest BCUT2D eigenvalue weighted by Gasteiger charge is 2.74. The Kier molecular flexibility index (Phi) is 15.3. The monoisotopic (exact) mass is 880 g/mol. The average molecular weight is 881 g/mol. The third-order valence-electron chi connectivity index (χ3n) is 11.5. The van der Waals surface area contributed by atoms with E-state index in [-0.39, 0.29) is 0 Å². The third-order valence-corrected chi connectivity index (χ3v) is 11.5. The number of esters is 8. The average Bonchev–Trinajstić information content (AvgIpc) is 3.86. The van der Waals surface area contributed by atoms with Crippen LogP contribution in [0.25, 0.3) is 0 Å². The lowest BCUT2D eigenvalue weighted by Gasteiger charge is -2.41. The minimum atomic E-state index is -2.16. The largest absolute Gasteiger partial charge is 0.469 e. The lowest BCUT2D eigenvalue weighted by atomic mass is 9.77. The van der Waals surface area contributed by atoms with Gasteiger partial charge < -0.3 is 47.7 Å². The van der Waals surface area contributed by atoms with Crippen LogP contribution >= 0.6 is 0 Å². The van der Waals surface area contributed by atoms with Gasteiger partial charge >= 0.3 is 47.8 Å². The minimum Gasteiger partial charge on any atom is -0.469 e. The van der Waals surface area contributed by atoms with Crippen molar-refractivity contribution >= 4 is 71.4 Å². The first-order chi connectivity index (χ1) is 29.0. The number of methoxy groups -OCH3 is 8. The standard InChI is InChI=1S/2C19H24N2O10/c2*1-9-13-14(16(25)20(2)15(13)24)19(18(27)31-6,8-12(23)29-4)21(9)10(17(26)30-5)7-11(22)28-3/h2*7,9,13-14H,8H2,1-6H3/b2*10-7+/t2*9-,13+,14-,19-/m10/s1. The maximum atomic E-state index is 13.2. The first-order valence-electron chi connectivity index (χ1n) is 18.3. The number of amides is 4. The zero-order valence-electron chi connectivity index (χ0n) is 36.0. The zero-order chi connectivity index (χ0) is 47.3. The summed E-state index contributed by atoms with van der Waals surface area (Å²) < 4.78 is 37.9. The number of nitrogens with zero attached hydrogens (tertiary/aromatic N) is 4. The molecule has 0 saturated carbocycles. The van der Waals surface area contributed by atoms with Crippen LogP contribution < -0.4 is 0 Å². The van der Waals surface area contributed by atoms with Crippen molar-refractivity contribution in [3.05, 3.63) is 23.5 Å². The van der Waals surface area contributed by atoms with Gasteiger partial charge in [0.25, 0.3) is 0 Å². The Hall–Kier alpha value is -6.88. The normalized spacial score (nSPS) is 27.7. The molecule has 0 spiro atoms. The molecule has 62 heavy (non-hydrogen) atoms. The van der Waals surface area contributed by atoms with E-state index in [0.29, 0.717) is 0 Å². The van der Waals surface area contributed by atoms with Crippen molar-refractivity contribution in [2.24, 2.45) is 23.7 Å². The summed E-state index contributed by atoms with van der Waals surface area (Å²) >= 11 is 0. The molecule has 0 aromatic rings. The summed E-state index contributed by atoms with van der Waals surface area (Å²) in [6.07, 6.45) is 0.0577. The molecule has 0 aliphatic carbocycles. The van der Waals surface area contributed by atoms with E-state index in [0.717, 1.165) is 88.6 Å². The number of ether oxygens (including phenoxy) is 8. The lowest BCUT2D eigenvalue weighted by molar-refractivity contribution is -0.166. The van der Waals surface area contributed by atoms with E-state index >= 15 is 0 Å². The second-order valence-electron chi connectivity index (χ2n) is 14.1. The molecule has 4 heterocycles. The fourth-order valence-corrected chi connectivity index (χ4v) is 8.79. The molecule has 4 fully saturated rings. The molecule has 340 valence electrons. The SMILES string of the molecule is COC(=O)/C=C(\C(=O)OC)N1[C@@H](C)[C@H]2C(=O)N(C)C(=O)[C@H]2[C@@]1(CC(=O)OC)C(=O)OC.COC(=O)/C=C(\C(=O)OC)N1[C@H](C)[C@@H]2C(=O)N(C)C(=O)[C@@H]2[C@]1(CC(=O)OC)C(=O)OC. The van der Waals surface area contributed by atoms with Crippen molar-refractivity contribution in [2.75, 3.05) is 71.0 Å². The van der Waals surface area contributed by atoms with Crippen LogP contribution in [0, 0.1) is 23.7 Å². The smallest absolute Gasteiger partial charge is 0.354 e. The molecule has 4 saturated heterocycles. The fraction of sp³-hybridized carbons (Fsp3) is 0.579. The Bertz CT molecular complexity index is 1870. The summed E-state index contributed by atoms with van der Waals surface area (Å²) in [6.45, 7) is 2.97. The number of hydrogen-bond acceptors (Lipinski definition) is 22. The highest BCUT2D eigenvalue weighted by atomic mass is 16.6. The molecule has 4 aliphatic heterocycles. The molecule has 0 unspecified atom stereocenters. The first kappa shape index (κ1) is 49.5. The van der Waals surface area contributed by atoms with Gasteiger partial charge in [0, 0.05) is 26.2 Å². The van der Waals surface area contributed by atoms with Gasteiger partial charge in [-0.2, -0.15) is 0 Å². The topological polar surface area (TPSA) is 292 Å². The van der Waals surface area contributed by atoms with Gasteiger partial charge in [-0.05, 0) is 13.8 Å². The van der Waals surface area contributed by atoms with Gasteiger partial charge in [0.05, 0.1) is 106 Å². The van der Waals surface area contributed by atoms with Crippen LogP contribution in [0.5, 0.6) is 0 Å². The van der Waals surface area contributed by atoms with E-state index in [1.807, 2.05) is 0 Å². The Morgan fingerprint density at radius 2 is 0.790 bits per heavy atom. The second-order valence-corrected chi connectivity index (χ2v) is 14.1. The van der Waals surface area contributed by atoms with E-state index in [2.05, 4.69) is 9.47 Å². The van der Waals surface area contributed by atoms with Crippen LogP contribution in [0.2, 0.25) is 0 Å². The van der Waals surface area contributed by atoms with E-state index < -0.39 is 142 Å². The molecular weight excluding hydrogens is 832 g/mol. The zero-order valence-corrected chi connectivity index (χ0v) is 36.0. The van der Waals surface area contributed by atoms with Crippen molar-refractivity contribution < 1.29 is 95.4 Å². The Labute approximate surface area is 354 Å². The number of rotatable bonds is 12. The first-order valence-corrected chi connectivity index (χ1v) is 18.3. The highest BCUT2D eigenvalue weighted by molar-refractivity contribution is 6.12. The molecule has 0 N–H and O–H groups in total. The number of likely N-dealkylation sites (tertiary alicyclic amines) is 4. The Balaban J connectivity index is 0.000000330. The third kappa shape index (κ3) is 7.90. The lowest BCUT2D eigenvalue weighted by Crippen LogP contribution is -2.60. The number of carbonyl (C=O) groups excluding carboxylic acids is 12. The summed E-state index contributed by atoms with van der Waals surface area (Å²) in [7, 11) is 10.9. The molecule has 0 radical (unpaired) electrons. The number of fused-ring (bicyclic) bond motifs is 2. The minimum absolute atomic E-state index is 0.478. The van der Waals surface area contributed by atoms with Crippen LogP contribution in [0.3, 0.4) is 0 Å². The number of carbonyl (C=O) groups is 12. The molecule has 0 aromatic heterocycles. The van der Waals surface area contributed by atoms with Crippen LogP contribution in [0.1, 0.15) is 26.7 Å². The van der Waals surface area contributed by atoms with Gasteiger partial charge in [0.1, 0.15) is 11.4 Å². The molecule has 24 heteroatoms. The van der Waals surface area contributed by atoms with Gasteiger partial charge in [-0.15, -0.1) is 0 Å². The molecule has 0 aromatic carbocycles. The molecule has 4 aliphatic rings. The fourth-order valence-electron chi connectivity index (χ4n) is 8.79. The molecular formula is C38H48N4O20. The predicted octanol–water partition coefficient (Wildman–Crippen LogP) is -2.75. The summed E-state index contributed by atoms with van der Waals surface area (Å²) in [5.41, 5.74) is -5.27. The summed E-state index contributed by atoms with van der Waals surface area (Å²) in [6, 6.07) is -1.96. The van der Waals surface area contributed by atoms with E-state index in [9.17, 15) is 57.5 Å². The number of hydrogen-bond donors (Lipinski definition) is 0. The predicted molar refractivity (Wildman–Crippen MR) is 199 cm³/mol. The summed E-state index contributed by atoms with van der Waals surface area (Å²) in [5.74, 6) is -15.6. The molecule has 4 rings (SSSR count). The van der Waals surface area contributed by atoms with Crippen LogP contribution in [-0.2, 0) is 95.4 Å². The van der Waals surface area contributed by atoms with Crippen LogP contribution in [0.4, 0.5) is 0 Å². The summed E-state index contributed by atoms with van der Waals surface area (Å²) in [4.78, 5) is 156. The van der Waals surface area contributed by atoms with Gasteiger partial charge in [-0.3, -0.25) is 38.6 Å². The maximum Gasteiger partial charge on any atom is 0.354 e. The maximum absolute atomic E-state index is 13.2. The van der Waals surface area contributed by atoms with Crippen molar-refractivity contribution in [1.82, 2.24) is 19.6 Å². The van der Waals surface area contributed by atoms with Gasteiger partial charge in [-0.1, -0.05) is 0 Å². The van der Waals surface area contributed by atoms with Crippen molar-refractivity contribution in [2.45, 2.75) is 49.9 Å². The molecule has 0 bridgehead atoms. The van der Waals surface area contributed by atoms with Crippen molar-refractivity contribution in [3.8, 4) is 0 Å². The molecule has 8 atom stereocenters. The second kappa shape index (κ2) is 19.2. The van der Waals surface area contributed by atoms with Gasteiger partial charge in [-0.25, -0.2) is 28.8 Å². The molecule has 4 amide bonds. The van der Waals surface area contributed by atoms with Gasteiger partial charge in [0.15, 0.2) is 11.1 Å². The van der Waals surface area contributed by atoms with Crippen molar-refractivity contribution in [1.29, 1.82) is 0 Å². The Morgan fingerprint density at radius 3 is 1.03 bits per heavy atom. The Morgan fingerprint density at radius 1 is 0.484 bits per heavy atom. The molecule has 24 nitrogen and oxygen atoms in total. The van der Waals surface area contributed by atoms with Gasteiger partial charge in [0.2, 0.25) is 23.6 Å². The van der Waals surface area contributed by atoms with E-state index in [4.69, 9.17) is 28.4 Å². The van der Waals surface area contributed by atoms with Crippen molar-refractivity contribution in [3.63, 3.8) is 0 Å². The van der Waals surface area contributed by atoms with Crippen LogP contribution in [0.15, 0.2) is 23.5 Å². The van der Waals surface area contributed by atoms with Crippen LogP contribution in [-0.4, -0.2) is 185 Å². The quantitative estimate of drug-likeness (QED) is 0.0831. The van der Waals surface area contributed by atoms with E-state index in [1.54, 1.807) is 0 Å². The summed E-state index contributed by atoms with van der Waals surface area (Å²) in [5, 5.41) is 0. The van der Waals surface area contributed by atoms with E-state index in [1.165, 1.54) is 27.9 Å². The number of imide groups is 2.